The van der Waals surface area contributed by atoms with E-state index in [4.69, 9.17) is 4.52 Å². The van der Waals surface area contributed by atoms with Crippen LogP contribution in [0.15, 0.2) is 77.0 Å². The predicted octanol–water partition coefficient (Wildman–Crippen LogP) is 5.41. The lowest BCUT2D eigenvalue weighted by atomic mass is 9.80. The summed E-state index contributed by atoms with van der Waals surface area (Å²) in [6, 6.07) is 13.5. The maximum absolute atomic E-state index is 13.9. The highest BCUT2D eigenvalue weighted by molar-refractivity contribution is 5.79. The van der Waals surface area contributed by atoms with Gasteiger partial charge in [0, 0.05) is 23.2 Å². The maximum Gasteiger partial charge on any atom is 0.173 e. The standard InChI is InChI=1S/C26H22FN3O2/c1-16-25(17(2)32-30-16)19-6-5-7-20(14-19)26(31,23-8-3-4-13-28-23)24-12-10-18-9-11-21(27)15-22(18)29-24/h3-4,7-15,31H,5-6H2,1-2H3. The van der Waals surface area contributed by atoms with Crippen LogP contribution in [0.2, 0.25) is 0 Å². The summed E-state index contributed by atoms with van der Waals surface area (Å²) in [5.74, 6) is 0.372. The summed E-state index contributed by atoms with van der Waals surface area (Å²) in [6.45, 7) is 3.80. The molecule has 160 valence electrons. The molecule has 1 atom stereocenters. The van der Waals surface area contributed by atoms with Crippen molar-refractivity contribution in [1.82, 2.24) is 15.1 Å². The molecule has 5 nitrogen and oxygen atoms in total. The van der Waals surface area contributed by atoms with Gasteiger partial charge in [-0.3, -0.25) is 4.98 Å². The highest BCUT2D eigenvalue weighted by atomic mass is 19.1. The third-order valence-corrected chi connectivity index (χ3v) is 5.94. The summed E-state index contributed by atoms with van der Waals surface area (Å²) in [5.41, 5.74) is 3.20. The Morgan fingerprint density at radius 2 is 1.91 bits per heavy atom. The van der Waals surface area contributed by atoms with Gasteiger partial charge in [0.25, 0.3) is 0 Å². The van der Waals surface area contributed by atoms with Crippen LogP contribution in [0.25, 0.3) is 16.5 Å². The Labute approximate surface area is 184 Å². The lowest BCUT2D eigenvalue weighted by Gasteiger charge is -2.31. The minimum atomic E-state index is -1.60. The van der Waals surface area contributed by atoms with Crippen LogP contribution in [0, 0.1) is 19.7 Å². The van der Waals surface area contributed by atoms with Gasteiger partial charge in [-0.25, -0.2) is 9.37 Å². The Kier molecular flexibility index (Phi) is 4.94. The van der Waals surface area contributed by atoms with Crippen LogP contribution < -0.4 is 0 Å². The van der Waals surface area contributed by atoms with Crippen molar-refractivity contribution in [2.45, 2.75) is 32.3 Å². The lowest BCUT2D eigenvalue weighted by Crippen LogP contribution is -2.32. The van der Waals surface area contributed by atoms with Gasteiger partial charge in [0.1, 0.15) is 11.6 Å². The van der Waals surface area contributed by atoms with Gasteiger partial charge in [0.05, 0.1) is 22.6 Å². The van der Waals surface area contributed by atoms with E-state index in [2.05, 4.69) is 15.1 Å². The minimum Gasteiger partial charge on any atom is -0.373 e. The van der Waals surface area contributed by atoms with E-state index in [0.29, 0.717) is 22.5 Å². The summed E-state index contributed by atoms with van der Waals surface area (Å²) in [4.78, 5) is 9.11. The van der Waals surface area contributed by atoms with Gasteiger partial charge in [-0.1, -0.05) is 29.4 Å². The summed E-state index contributed by atoms with van der Waals surface area (Å²) < 4.78 is 19.2. The van der Waals surface area contributed by atoms with Crippen LogP contribution in [-0.4, -0.2) is 20.2 Å². The normalized spacial score (nSPS) is 15.9. The first-order chi connectivity index (χ1) is 15.5. The fraction of sp³-hybridized carbons (Fsp3) is 0.192. The van der Waals surface area contributed by atoms with Gasteiger partial charge in [-0.15, -0.1) is 0 Å². The molecular formula is C26H22FN3O2. The average Bonchev–Trinajstić information content (AvgIpc) is 3.16. The first kappa shape index (κ1) is 20.3. The first-order valence-electron chi connectivity index (χ1n) is 10.5. The summed E-state index contributed by atoms with van der Waals surface area (Å²) in [6.07, 6.45) is 7.17. The number of benzene rings is 1. The SMILES string of the molecule is Cc1noc(C)c1C1=CC(C(O)(c2ccccn2)c2ccc3ccc(F)cc3n2)=CCC1. The molecule has 1 aliphatic rings. The summed E-state index contributed by atoms with van der Waals surface area (Å²) in [5, 5.41) is 17.1. The van der Waals surface area contributed by atoms with E-state index in [1.54, 1.807) is 30.5 Å². The van der Waals surface area contributed by atoms with Gasteiger partial charge in [-0.2, -0.15) is 0 Å². The molecule has 0 bridgehead atoms. The number of rotatable bonds is 4. The average molecular weight is 427 g/mol. The Bertz CT molecular complexity index is 1360. The molecule has 0 amide bonds. The number of hydrogen-bond donors (Lipinski definition) is 1. The largest absolute Gasteiger partial charge is 0.373 e. The number of allylic oxidation sites excluding steroid dienone is 2. The van der Waals surface area contributed by atoms with Crippen LogP contribution in [0.5, 0.6) is 0 Å². The van der Waals surface area contributed by atoms with Crippen LogP contribution in [0.3, 0.4) is 0 Å². The number of fused-ring (bicyclic) bond motifs is 1. The van der Waals surface area contributed by atoms with Crippen molar-refractivity contribution in [1.29, 1.82) is 0 Å². The Morgan fingerprint density at radius 3 is 2.66 bits per heavy atom. The molecule has 5 rings (SSSR count). The van der Waals surface area contributed by atoms with E-state index >= 15 is 0 Å². The number of nitrogens with zero attached hydrogens (tertiary/aromatic N) is 3. The van der Waals surface area contributed by atoms with Crippen molar-refractivity contribution in [2.24, 2.45) is 0 Å². The molecule has 0 aliphatic heterocycles. The predicted molar refractivity (Wildman–Crippen MR) is 120 cm³/mol. The Balaban J connectivity index is 1.71. The van der Waals surface area contributed by atoms with Crippen LogP contribution in [0.1, 0.15) is 41.2 Å². The van der Waals surface area contributed by atoms with Crippen molar-refractivity contribution < 1.29 is 14.0 Å². The zero-order valence-electron chi connectivity index (χ0n) is 17.8. The van der Waals surface area contributed by atoms with Crippen LogP contribution in [-0.2, 0) is 5.60 Å². The summed E-state index contributed by atoms with van der Waals surface area (Å²) >= 11 is 0. The number of aromatic nitrogens is 3. The van der Waals surface area contributed by atoms with Crippen molar-refractivity contribution in [3.05, 3.63) is 107 Å². The van der Waals surface area contributed by atoms with Crippen molar-refractivity contribution >= 4 is 16.5 Å². The topological polar surface area (TPSA) is 72.0 Å². The third kappa shape index (κ3) is 3.33. The second kappa shape index (κ2) is 7.80. The number of hydrogen-bond acceptors (Lipinski definition) is 5. The molecule has 0 radical (unpaired) electrons. The van der Waals surface area contributed by atoms with Gasteiger partial charge in [-0.05, 0) is 68.2 Å². The van der Waals surface area contributed by atoms with Crippen molar-refractivity contribution in [2.75, 3.05) is 0 Å². The molecule has 0 saturated carbocycles. The van der Waals surface area contributed by atoms with Gasteiger partial charge >= 0.3 is 0 Å². The zero-order chi connectivity index (χ0) is 22.3. The van der Waals surface area contributed by atoms with Crippen molar-refractivity contribution in [3.63, 3.8) is 0 Å². The molecule has 1 N–H and O–H groups in total. The Hall–Kier alpha value is -3.64. The van der Waals surface area contributed by atoms with Crippen LogP contribution >= 0.6 is 0 Å². The number of halogens is 1. The minimum absolute atomic E-state index is 0.374. The van der Waals surface area contributed by atoms with Crippen LogP contribution in [0.4, 0.5) is 4.39 Å². The Morgan fingerprint density at radius 1 is 1.06 bits per heavy atom. The van der Waals surface area contributed by atoms with E-state index in [-0.39, 0.29) is 5.82 Å². The second-order valence-electron chi connectivity index (χ2n) is 8.03. The molecule has 1 unspecified atom stereocenters. The maximum atomic E-state index is 13.9. The number of aryl methyl sites for hydroxylation is 2. The molecule has 1 aromatic carbocycles. The van der Waals surface area contributed by atoms with E-state index < -0.39 is 5.60 Å². The molecule has 0 spiro atoms. The molecule has 0 fully saturated rings. The molecule has 1 aliphatic carbocycles. The monoisotopic (exact) mass is 427 g/mol. The molecule has 3 heterocycles. The first-order valence-corrected chi connectivity index (χ1v) is 10.5. The van der Waals surface area contributed by atoms with E-state index in [9.17, 15) is 9.50 Å². The van der Waals surface area contributed by atoms with E-state index in [1.165, 1.54) is 12.1 Å². The molecule has 0 saturated heterocycles. The smallest absolute Gasteiger partial charge is 0.173 e. The second-order valence-corrected chi connectivity index (χ2v) is 8.03. The fourth-order valence-electron chi connectivity index (χ4n) is 4.39. The fourth-order valence-corrected chi connectivity index (χ4v) is 4.39. The highest BCUT2D eigenvalue weighted by Crippen LogP contribution is 2.41. The molecule has 6 heteroatoms. The highest BCUT2D eigenvalue weighted by Gasteiger charge is 2.39. The van der Waals surface area contributed by atoms with Gasteiger partial charge in [0.2, 0.25) is 0 Å². The van der Waals surface area contributed by atoms with Gasteiger partial charge in [0.15, 0.2) is 5.60 Å². The number of aliphatic hydroxyl groups is 1. The quantitative estimate of drug-likeness (QED) is 0.471. The zero-order valence-corrected chi connectivity index (χ0v) is 17.8. The lowest BCUT2D eigenvalue weighted by molar-refractivity contribution is 0.115. The molecular weight excluding hydrogens is 405 g/mol. The number of pyridine rings is 2. The molecule has 32 heavy (non-hydrogen) atoms. The third-order valence-electron chi connectivity index (χ3n) is 5.94. The van der Waals surface area contributed by atoms with E-state index in [0.717, 1.165) is 40.8 Å². The summed E-state index contributed by atoms with van der Waals surface area (Å²) in [7, 11) is 0. The van der Waals surface area contributed by atoms with E-state index in [1.807, 2.05) is 38.1 Å². The van der Waals surface area contributed by atoms with Crippen molar-refractivity contribution in [3.8, 4) is 0 Å². The van der Waals surface area contributed by atoms with Gasteiger partial charge < -0.3 is 9.63 Å². The molecule has 4 aromatic rings. The molecule has 3 aromatic heterocycles.